The van der Waals surface area contributed by atoms with Gasteiger partial charge in [-0.25, -0.2) is 15.2 Å². The number of nitrogens with zero attached hydrogens (tertiary/aromatic N) is 2. The first-order valence-electron chi connectivity index (χ1n) is 4.92. The van der Waals surface area contributed by atoms with E-state index in [-0.39, 0.29) is 16.0 Å². The lowest BCUT2D eigenvalue weighted by Gasteiger charge is -2.10. The Hall–Kier alpha value is -1.15. The maximum atomic E-state index is 13.3. The number of aromatic nitrogens is 2. The summed E-state index contributed by atoms with van der Waals surface area (Å²) in [5.74, 6) is 5.21. The molecule has 0 saturated heterocycles. The Bertz CT molecular complexity index is 602. The predicted molar refractivity (Wildman–Crippen MR) is 77.2 cm³/mol. The fourth-order valence-corrected chi connectivity index (χ4v) is 2.07. The highest BCUT2D eigenvalue weighted by molar-refractivity contribution is 9.10. The fourth-order valence-electron chi connectivity index (χ4n) is 1.29. The molecule has 0 aliphatic rings. The monoisotopic (exact) mass is 365 g/mol. The van der Waals surface area contributed by atoms with Crippen molar-refractivity contribution in [2.45, 2.75) is 0 Å². The minimum Gasteiger partial charge on any atom is -0.339 e. The summed E-state index contributed by atoms with van der Waals surface area (Å²) in [6.45, 7) is 0. The molecule has 1 aromatic heterocycles. The SMILES string of the molecule is NNc1ncc(Br)c(Nc2cc(Cl)c(F)c(Cl)c2)n1. The number of benzene rings is 1. The lowest BCUT2D eigenvalue weighted by Crippen LogP contribution is -2.11. The Morgan fingerprint density at radius 1 is 1.26 bits per heavy atom. The van der Waals surface area contributed by atoms with Crippen LogP contribution in [-0.2, 0) is 0 Å². The van der Waals surface area contributed by atoms with Crippen LogP contribution in [-0.4, -0.2) is 9.97 Å². The molecule has 0 saturated carbocycles. The molecule has 100 valence electrons. The van der Waals surface area contributed by atoms with E-state index < -0.39 is 5.82 Å². The number of halogens is 4. The molecule has 2 aromatic rings. The molecule has 0 radical (unpaired) electrons. The zero-order chi connectivity index (χ0) is 14.0. The Labute approximate surface area is 126 Å². The smallest absolute Gasteiger partial charge is 0.239 e. The maximum Gasteiger partial charge on any atom is 0.239 e. The molecule has 0 bridgehead atoms. The molecular weight excluding hydrogens is 360 g/mol. The zero-order valence-corrected chi connectivity index (χ0v) is 12.3. The lowest BCUT2D eigenvalue weighted by atomic mass is 10.3. The molecule has 0 atom stereocenters. The van der Waals surface area contributed by atoms with Crippen LogP contribution in [0.3, 0.4) is 0 Å². The van der Waals surface area contributed by atoms with Crippen LogP contribution in [0.2, 0.25) is 10.0 Å². The first-order chi connectivity index (χ1) is 9.01. The maximum absolute atomic E-state index is 13.3. The second-order valence-corrected chi connectivity index (χ2v) is 5.08. The number of nitrogens with two attached hydrogens (primary N) is 1. The van der Waals surface area contributed by atoms with Gasteiger partial charge in [0.05, 0.1) is 14.5 Å². The van der Waals surface area contributed by atoms with Crippen LogP contribution < -0.4 is 16.6 Å². The van der Waals surface area contributed by atoms with Gasteiger partial charge in [0.15, 0.2) is 5.82 Å². The van der Waals surface area contributed by atoms with Gasteiger partial charge in [-0.2, -0.15) is 4.98 Å². The predicted octanol–water partition coefficient (Wildman–Crippen LogP) is 3.71. The quantitative estimate of drug-likeness (QED) is 0.438. The summed E-state index contributed by atoms with van der Waals surface area (Å²) in [7, 11) is 0. The number of hydrogen-bond donors (Lipinski definition) is 3. The Balaban J connectivity index is 2.36. The average Bonchev–Trinajstić information content (AvgIpc) is 2.38. The van der Waals surface area contributed by atoms with E-state index >= 15 is 0 Å². The van der Waals surface area contributed by atoms with Crippen molar-refractivity contribution in [1.29, 1.82) is 0 Å². The first-order valence-corrected chi connectivity index (χ1v) is 6.47. The van der Waals surface area contributed by atoms with E-state index in [1.54, 1.807) is 0 Å². The second-order valence-electron chi connectivity index (χ2n) is 3.41. The summed E-state index contributed by atoms with van der Waals surface area (Å²) >= 11 is 14.7. The van der Waals surface area contributed by atoms with Gasteiger partial charge in [-0.3, -0.25) is 5.43 Å². The van der Waals surface area contributed by atoms with Crippen LogP contribution in [0.4, 0.5) is 21.8 Å². The molecule has 0 aliphatic carbocycles. The summed E-state index contributed by atoms with van der Waals surface area (Å²) in [4.78, 5) is 7.98. The number of hydrazine groups is 1. The third kappa shape index (κ3) is 3.24. The lowest BCUT2D eigenvalue weighted by molar-refractivity contribution is 0.629. The molecule has 1 heterocycles. The van der Waals surface area contributed by atoms with Gasteiger partial charge in [0, 0.05) is 11.9 Å². The average molecular weight is 367 g/mol. The van der Waals surface area contributed by atoms with E-state index in [1.165, 1.54) is 18.3 Å². The molecule has 19 heavy (non-hydrogen) atoms. The summed E-state index contributed by atoms with van der Waals surface area (Å²) in [5, 5.41) is 2.76. The van der Waals surface area contributed by atoms with Crippen LogP contribution >= 0.6 is 39.1 Å². The van der Waals surface area contributed by atoms with Gasteiger partial charge < -0.3 is 5.32 Å². The Morgan fingerprint density at radius 3 is 2.47 bits per heavy atom. The Kier molecular flexibility index (Phi) is 4.41. The van der Waals surface area contributed by atoms with Crippen LogP contribution in [0.5, 0.6) is 0 Å². The van der Waals surface area contributed by atoms with Crippen molar-refractivity contribution >= 4 is 56.6 Å². The van der Waals surface area contributed by atoms with Gasteiger partial charge in [-0.15, -0.1) is 0 Å². The van der Waals surface area contributed by atoms with Crippen molar-refractivity contribution in [3.63, 3.8) is 0 Å². The van der Waals surface area contributed by atoms with Crippen molar-refractivity contribution in [3.8, 4) is 0 Å². The number of anilines is 3. The van der Waals surface area contributed by atoms with E-state index in [0.717, 1.165) is 0 Å². The van der Waals surface area contributed by atoms with Crippen LogP contribution in [0.1, 0.15) is 0 Å². The molecule has 1 aromatic carbocycles. The van der Waals surface area contributed by atoms with E-state index in [9.17, 15) is 4.39 Å². The number of nitrogen functional groups attached to an aromatic ring is 1. The van der Waals surface area contributed by atoms with E-state index in [1.807, 2.05) is 0 Å². The van der Waals surface area contributed by atoms with Gasteiger partial charge in [0.25, 0.3) is 0 Å². The summed E-state index contributed by atoms with van der Waals surface area (Å²) < 4.78 is 13.9. The first kappa shape index (κ1) is 14.3. The molecule has 4 N–H and O–H groups in total. The number of nitrogens with one attached hydrogen (secondary N) is 2. The molecule has 0 spiro atoms. The van der Waals surface area contributed by atoms with Crippen molar-refractivity contribution in [2.75, 3.05) is 10.7 Å². The van der Waals surface area contributed by atoms with E-state index in [0.29, 0.717) is 16.0 Å². The number of hydrogen-bond acceptors (Lipinski definition) is 5. The molecule has 0 unspecified atom stereocenters. The third-order valence-electron chi connectivity index (χ3n) is 2.12. The molecule has 5 nitrogen and oxygen atoms in total. The summed E-state index contributed by atoms with van der Waals surface area (Å²) in [6.07, 6.45) is 1.51. The van der Waals surface area contributed by atoms with Gasteiger partial charge in [0.2, 0.25) is 5.95 Å². The van der Waals surface area contributed by atoms with Crippen molar-refractivity contribution < 1.29 is 4.39 Å². The van der Waals surface area contributed by atoms with Gasteiger partial charge >= 0.3 is 0 Å². The van der Waals surface area contributed by atoms with Crippen LogP contribution in [0, 0.1) is 5.82 Å². The minimum atomic E-state index is -0.667. The minimum absolute atomic E-state index is 0.0858. The van der Waals surface area contributed by atoms with Crippen LogP contribution in [0.25, 0.3) is 0 Å². The number of rotatable bonds is 3. The molecule has 0 aliphatic heterocycles. The van der Waals surface area contributed by atoms with Crippen LogP contribution in [0.15, 0.2) is 22.8 Å². The highest BCUT2D eigenvalue weighted by atomic mass is 79.9. The zero-order valence-electron chi connectivity index (χ0n) is 9.22. The topological polar surface area (TPSA) is 75.9 Å². The molecule has 2 rings (SSSR count). The fraction of sp³-hybridized carbons (Fsp3) is 0. The van der Waals surface area contributed by atoms with E-state index in [2.05, 4.69) is 36.6 Å². The second kappa shape index (κ2) is 5.87. The summed E-state index contributed by atoms with van der Waals surface area (Å²) in [5.41, 5.74) is 2.80. The van der Waals surface area contributed by atoms with Gasteiger partial charge in [0.1, 0.15) is 5.82 Å². The standard InChI is InChI=1S/C10H7BrCl2FN5/c11-5-3-16-10(19-15)18-9(5)17-4-1-6(12)8(14)7(13)2-4/h1-3H,15H2,(H2,16,17,18,19). The van der Waals surface area contributed by atoms with E-state index in [4.69, 9.17) is 29.0 Å². The van der Waals surface area contributed by atoms with Gasteiger partial charge in [-0.1, -0.05) is 23.2 Å². The molecule has 9 heteroatoms. The molecular formula is C10H7BrCl2FN5. The Morgan fingerprint density at radius 2 is 1.89 bits per heavy atom. The molecule has 0 amide bonds. The largest absolute Gasteiger partial charge is 0.339 e. The van der Waals surface area contributed by atoms with Crippen molar-refractivity contribution in [1.82, 2.24) is 9.97 Å². The third-order valence-corrected chi connectivity index (χ3v) is 3.25. The highest BCUT2D eigenvalue weighted by Crippen LogP contribution is 2.30. The summed E-state index contributed by atoms with van der Waals surface area (Å²) in [6, 6.07) is 2.79. The highest BCUT2D eigenvalue weighted by Gasteiger charge is 2.10. The molecule has 0 fully saturated rings. The van der Waals surface area contributed by atoms with Crippen molar-refractivity contribution in [2.24, 2.45) is 5.84 Å². The van der Waals surface area contributed by atoms with Gasteiger partial charge in [-0.05, 0) is 28.1 Å². The van der Waals surface area contributed by atoms with Crippen molar-refractivity contribution in [3.05, 3.63) is 38.7 Å². The normalized spacial score (nSPS) is 10.4.